The molecular formula is C19H17Cl3N2. The Morgan fingerprint density at radius 2 is 1.79 bits per heavy atom. The van der Waals surface area contributed by atoms with Gasteiger partial charge in [-0.3, -0.25) is 5.41 Å². The molecule has 0 aliphatic heterocycles. The minimum atomic E-state index is 0. The zero-order valence-corrected chi connectivity index (χ0v) is 15.3. The van der Waals surface area contributed by atoms with Crippen molar-refractivity contribution in [3.8, 4) is 0 Å². The van der Waals surface area contributed by atoms with Crippen molar-refractivity contribution in [1.29, 1.82) is 5.41 Å². The van der Waals surface area contributed by atoms with Gasteiger partial charge in [-0.15, -0.1) is 12.4 Å². The van der Waals surface area contributed by atoms with Crippen molar-refractivity contribution in [1.82, 2.24) is 4.57 Å². The van der Waals surface area contributed by atoms with Crippen molar-refractivity contribution < 1.29 is 0 Å². The molecule has 1 N–H and O–H groups in total. The van der Waals surface area contributed by atoms with Crippen molar-refractivity contribution in [3.05, 3.63) is 74.7 Å². The van der Waals surface area contributed by atoms with Crippen LogP contribution in [0.4, 0.5) is 0 Å². The SMILES string of the molecule is Cl.N=c1c2c(n(Cc3ccc(Cl)c(Cl)c3)c3ccccc13)CCC2. The first-order valence-electron chi connectivity index (χ1n) is 7.77. The molecule has 0 fully saturated rings. The van der Waals surface area contributed by atoms with Crippen LogP contribution < -0.4 is 5.36 Å². The number of rotatable bonds is 2. The Morgan fingerprint density at radius 3 is 2.58 bits per heavy atom. The number of benzene rings is 2. The van der Waals surface area contributed by atoms with Crippen LogP contribution in [-0.2, 0) is 19.4 Å². The molecule has 124 valence electrons. The highest BCUT2D eigenvalue weighted by Gasteiger charge is 2.19. The lowest BCUT2D eigenvalue weighted by atomic mass is 10.1. The fourth-order valence-corrected chi connectivity index (χ4v) is 3.85. The van der Waals surface area contributed by atoms with Crippen LogP contribution in [0, 0.1) is 5.41 Å². The highest BCUT2D eigenvalue weighted by molar-refractivity contribution is 6.42. The van der Waals surface area contributed by atoms with Gasteiger partial charge in [-0.1, -0.05) is 47.5 Å². The Labute approximate surface area is 156 Å². The number of halogens is 3. The zero-order chi connectivity index (χ0) is 16.0. The van der Waals surface area contributed by atoms with E-state index in [1.54, 1.807) is 0 Å². The van der Waals surface area contributed by atoms with Crippen molar-refractivity contribution >= 4 is 46.5 Å². The van der Waals surface area contributed by atoms with Gasteiger partial charge in [0.25, 0.3) is 0 Å². The summed E-state index contributed by atoms with van der Waals surface area (Å²) in [5.74, 6) is 0. The van der Waals surface area contributed by atoms with E-state index < -0.39 is 0 Å². The smallest absolute Gasteiger partial charge is 0.0682 e. The number of fused-ring (bicyclic) bond motifs is 2. The minimum Gasteiger partial charge on any atom is -0.340 e. The number of pyridine rings is 1. The van der Waals surface area contributed by atoms with Gasteiger partial charge in [0.15, 0.2) is 0 Å². The molecule has 1 aliphatic rings. The van der Waals surface area contributed by atoms with Gasteiger partial charge in [0.1, 0.15) is 0 Å². The summed E-state index contributed by atoms with van der Waals surface area (Å²) in [7, 11) is 0. The molecule has 0 saturated heterocycles. The van der Waals surface area contributed by atoms with Gasteiger partial charge in [0.05, 0.1) is 20.9 Å². The number of hydrogen-bond acceptors (Lipinski definition) is 1. The molecule has 0 unspecified atom stereocenters. The Hall–Kier alpha value is -1.48. The molecule has 1 heterocycles. The molecule has 0 radical (unpaired) electrons. The zero-order valence-electron chi connectivity index (χ0n) is 13.0. The third-order valence-corrected chi connectivity index (χ3v) is 5.34. The Bertz CT molecular complexity index is 976. The molecular weight excluding hydrogens is 363 g/mol. The molecule has 5 heteroatoms. The Balaban J connectivity index is 0.00000169. The van der Waals surface area contributed by atoms with Crippen LogP contribution in [0.3, 0.4) is 0 Å². The molecule has 4 rings (SSSR count). The van der Waals surface area contributed by atoms with E-state index in [1.807, 2.05) is 36.4 Å². The normalized spacial score (nSPS) is 12.9. The first-order valence-corrected chi connectivity index (χ1v) is 8.52. The maximum absolute atomic E-state index is 8.51. The lowest BCUT2D eigenvalue weighted by molar-refractivity contribution is 0.760. The quantitative estimate of drug-likeness (QED) is 0.619. The van der Waals surface area contributed by atoms with E-state index in [0.29, 0.717) is 15.4 Å². The van der Waals surface area contributed by atoms with E-state index in [0.717, 1.165) is 42.3 Å². The van der Waals surface area contributed by atoms with Crippen molar-refractivity contribution in [3.63, 3.8) is 0 Å². The lowest BCUT2D eigenvalue weighted by Gasteiger charge is -2.18. The number of aromatic nitrogens is 1. The number of nitrogens with one attached hydrogen (secondary N) is 1. The van der Waals surface area contributed by atoms with Crippen molar-refractivity contribution in [2.75, 3.05) is 0 Å². The van der Waals surface area contributed by atoms with Gasteiger partial charge in [-0.25, -0.2) is 0 Å². The molecule has 24 heavy (non-hydrogen) atoms. The molecule has 0 saturated carbocycles. The fourth-order valence-electron chi connectivity index (χ4n) is 3.52. The Morgan fingerprint density at radius 1 is 1.00 bits per heavy atom. The molecule has 0 spiro atoms. The Kier molecular flexibility index (Phi) is 4.91. The molecule has 3 aromatic rings. The highest BCUT2D eigenvalue weighted by atomic mass is 35.5. The van der Waals surface area contributed by atoms with Crippen LogP contribution in [0.15, 0.2) is 42.5 Å². The van der Waals surface area contributed by atoms with Crippen LogP contribution in [-0.4, -0.2) is 4.57 Å². The van der Waals surface area contributed by atoms with Crippen LogP contribution in [0.25, 0.3) is 10.9 Å². The topological polar surface area (TPSA) is 28.8 Å². The average molecular weight is 380 g/mol. The van der Waals surface area contributed by atoms with Crippen LogP contribution in [0.1, 0.15) is 23.2 Å². The second kappa shape index (κ2) is 6.79. The predicted molar refractivity (Wildman–Crippen MR) is 103 cm³/mol. The molecule has 2 nitrogen and oxygen atoms in total. The number of para-hydroxylation sites is 1. The second-order valence-corrected chi connectivity index (χ2v) is 6.82. The average Bonchev–Trinajstić information content (AvgIpc) is 3.04. The summed E-state index contributed by atoms with van der Waals surface area (Å²) in [5.41, 5.74) is 4.73. The van der Waals surface area contributed by atoms with Gasteiger partial charge in [-0.05, 0) is 48.6 Å². The summed E-state index contributed by atoms with van der Waals surface area (Å²) < 4.78 is 2.34. The summed E-state index contributed by atoms with van der Waals surface area (Å²) in [6.07, 6.45) is 3.16. The minimum absolute atomic E-state index is 0. The molecule has 1 aliphatic carbocycles. The van der Waals surface area contributed by atoms with Crippen LogP contribution >= 0.6 is 35.6 Å². The number of hydrogen-bond donors (Lipinski definition) is 1. The largest absolute Gasteiger partial charge is 0.340 e. The molecule has 0 bridgehead atoms. The standard InChI is InChI=1S/C19H16Cl2N2.ClH/c20-15-9-8-12(10-16(15)21)11-23-17-6-2-1-4-13(17)19(22)14-5-3-7-18(14)23;/h1-2,4,6,8-10,22H,3,5,7,11H2;1H. The molecule has 0 atom stereocenters. The van der Waals surface area contributed by atoms with Gasteiger partial charge >= 0.3 is 0 Å². The number of nitrogens with zero attached hydrogens (tertiary/aromatic N) is 1. The van der Waals surface area contributed by atoms with E-state index in [4.69, 9.17) is 28.6 Å². The van der Waals surface area contributed by atoms with Gasteiger partial charge < -0.3 is 4.57 Å². The second-order valence-electron chi connectivity index (χ2n) is 6.01. The summed E-state index contributed by atoms with van der Waals surface area (Å²) in [5, 5.41) is 11.4. The predicted octanol–water partition coefficient (Wildman–Crippen LogP) is 5.39. The highest BCUT2D eigenvalue weighted by Crippen LogP contribution is 2.27. The van der Waals surface area contributed by atoms with E-state index >= 15 is 0 Å². The monoisotopic (exact) mass is 378 g/mol. The van der Waals surface area contributed by atoms with Crippen LogP contribution in [0.5, 0.6) is 0 Å². The van der Waals surface area contributed by atoms with Gasteiger partial charge in [-0.2, -0.15) is 0 Å². The van der Waals surface area contributed by atoms with E-state index in [-0.39, 0.29) is 12.4 Å². The third kappa shape index (κ3) is 2.83. The maximum Gasteiger partial charge on any atom is 0.0682 e. The summed E-state index contributed by atoms with van der Waals surface area (Å²) in [6.45, 7) is 0.750. The van der Waals surface area contributed by atoms with Crippen molar-refractivity contribution in [2.45, 2.75) is 25.8 Å². The van der Waals surface area contributed by atoms with E-state index in [9.17, 15) is 0 Å². The molecule has 2 aromatic carbocycles. The summed E-state index contributed by atoms with van der Waals surface area (Å²) >= 11 is 12.2. The fraction of sp³-hybridized carbons (Fsp3) is 0.211. The van der Waals surface area contributed by atoms with Crippen LogP contribution in [0.2, 0.25) is 10.0 Å². The van der Waals surface area contributed by atoms with Gasteiger partial charge in [0, 0.05) is 17.6 Å². The van der Waals surface area contributed by atoms with E-state index in [2.05, 4.69) is 10.6 Å². The molecule has 1 aromatic heterocycles. The first-order chi connectivity index (χ1) is 11.1. The van der Waals surface area contributed by atoms with Crippen molar-refractivity contribution in [2.24, 2.45) is 0 Å². The first kappa shape index (κ1) is 17.3. The molecule has 0 amide bonds. The van der Waals surface area contributed by atoms with Gasteiger partial charge in [0.2, 0.25) is 0 Å². The summed E-state index contributed by atoms with van der Waals surface area (Å²) in [6, 6.07) is 14.0. The summed E-state index contributed by atoms with van der Waals surface area (Å²) in [4.78, 5) is 0. The lowest BCUT2D eigenvalue weighted by Crippen LogP contribution is -2.18. The van der Waals surface area contributed by atoms with E-state index in [1.165, 1.54) is 11.3 Å². The maximum atomic E-state index is 8.51. The third-order valence-electron chi connectivity index (χ3n) is 4.61.